The van der Waals surface area contributed by atoms with Crippen molar-refractivity contribution in [1.29, 1.82) is 0 Å². The summed E-state index contributed by atoms with van der Waals surface area (Å²) in [7, 11) is 0. The van der Waals surface area contributed by atoms with E-state index in [-0.39, 0.29) is 11.8 Å². The predicted molar refractivity (Wildman–Crippen MR) is 78.8 cm³/mol. The molecule has 2 fully saturated rings. The smallest absolute Gasteiger partial charge is 0.228 e. The molecule has 1 atom stereocenters. The van der Waals surface area contributed by atoms with Gasteiger partial charge in [0.1, 0.15) is 0 Å². The van der Waals surface area contributed by atoms with E-state index in [4.69, 9.17) is 11.2 Å². The van der Waals surface area contributed by atoms with E-state index in [0.29, 0.717) is 13.0 Å². The van der Waals surface area contributed by atoms with Gasteiger partial charge in [-0.2, -0.15) is 0 Å². The summed E-state index contributed by atoms with van der Waals surface area (Å²) in [6.07, 6.45) is 5.87. The molecule has 2 saturated heterocycles. The fourth-order valence-corrected chi connectivity index (χ4v) is 2.73. The molecule has 0 bridgehead atoms. The summed E-state index contributed by atoms with van der Waals surface area (Å²) in [5.74, 6) is 2.83. The number of anilines is 2. The average molecular weight is 270 g/mol. The van der Waals surface area contributed by atoms with Gasteiger partial charge in [0.05, 0.1) is 13.2 Å². The monoisotopic (exact) mass is 270 g/mol. The molecule has 3 rings (SSSR count). The SMILES string of the molecule is C#CC1CC(=O)N(c2ccc(N3CCOCC3)cc2)C1. The van der Waals surface area contributed by atoms with Crippen LogP contribution in [-0.4, -0.2) is 38.8 Å². The molecule has 0 spiro atoms. The molecule has 1 aromatic rings. The van der Waals surface area contributed by atoms with Gasteiger partial charge in [0.15, 0.2) is 0 Å². The first kappa shape index (κ1) is 13.0. The Morgan fingerprint density at radius 2 is 1.80 bits per heavy atom. The van der Waals surface area contributed by atoms with Gasteiger partial charge in [0.25, 0.3) is 0 Å². The van der Waals surface area contributed by atoms with E-state index >= 15 is 0 Å². The fraction of sp³-hybridized carbons (Fsp3) is 0.438. The second kappa shape index (κ2) is 5.56. The number of hydrogen-bond donors (Lipinski definition) is 0. The number of carbonyl (C=O) groups excluding carboxylic acids is 1. The van der Waals surface area contributed by atoms with Crippen molar-refractivity contribution in [3.8, 4) is 12.3 Å². The van der Waals surface area contributed by atoms with Crippen molar-refractivity contribution in [3.63, 3.8) is 0 Å². The van der Waals surface area contributed by atoms with Crippen LogP contribution in [0.1, 0.15) is 6.42 Å². The van der Waals surface area contributed by atoms with Gasteiger partial charge in [-0.3, -0.25) is 4.79 Å². The van der Waals surface area contributed by atoms with Crippen LogP contribution >= 0.6 is 0 Å². The highest BCUT2D eigenvalue weighted by molar-refractivity contribution is 5.96. The Hall–Kier alpha value is -1.99. The van der Waals surface area contributed by atoms with Crippen LogP contribution in [0.15, 0.2) is 24.3 Å². The van der Waals surface area contributed by atoms with Gasteiger partial charge in [-0.05, 0) is 24.3 Å². The van der Waals surface area contributed by atoms with Crippen molar-refractivity contribution in [2.45, 2.75) is 6.42 Å². The van der Waals surface area contributed by atoms with Crippen molar-refractivity contribution in [3.05, 3.63) is 24.3 Å². The van der Waals surface area contributed by atoms with Crippen molar-refractivity contribution in [2.24, 2.45) is 5.92 Å². The van der Waals surface area contributed by atoms with Crippen molar-refractivity contribution >= 4 is 17.3 Å². The van der Waals surface area contributed by atoms with Crippen LogP contribution in [0.4, 0.5) is 11.4 Å². The molecule has 0 radical (unpaired) electrons. The Labute approximate surface area is 119 Å². The Kier molecular flexibility index (Phi) is 3.62. The zero-order valence-electron chi connectivity index (χ0n) is 11.4. The summed E-state index contributed by atoms with van der Waals surface area (Å²) in [4.78, 5) is 16.0. The molecular weight excluding hydrogens is 252 g/mol. The molecule has 0 aromatic heterocycles. The highest BCUT2D eigenvalue weighted by atomic mass is 16.5. The van der Waals surface area contributed by atoms with Crippen molar-refractivity contribution in [1.82, 2.24) is 0 Å². The molecule has 1 aromatic carbocycles. The topological polar surface area (TPSA) is 32.8 Å². The van der Waals surface area contributed by atoms with Crippen LogP contribution in [0.25, 0.3) is 0 Å². The number of morpholine rings is 1. The number of hydrogen-bond acceptors (Lipinski definition) is 3. The Balaban J connectivity index is 1.73. The number of rotatable bonds is 2. The van der Waals surface area contributed by atoms with Gasteiger partial charge in [0.2, 0.25) is 5.91 Å². The maximum Gasteiger partial charge on any atom is 0.228 e. The molecule has 2 aliphatic heterocycles. The molecule has 104 valence electrons. The lowest BCUT2D eigenvalue weighted by Gasteiger charge is -2.29. The summed E-state index contributed by atoms with van der Waals surface area (Å²) in [6.45, 7) is 4.01. The second-order valence-corrected chi connectivity index (χ2v) is 5.19. The number of benzene rings is 1. The molecule has 1 amide bonds. The zero-order chi connectivity index (χ0) is 13.9. The van der Waals surface area contributed by atoms with Gasteiger partial charge < -0.3 is 14.5 Å². The number of nitrogens with zero attached hydrogens (tertiary/aromatic N) is 2. The van der Waals surface area contributed by atoms with Crippen molar-refractivity contribution < 1.29 is 9.53 Å². The highest BCUT2D eigenvalue weighted by Crippen LogP contribution is 2.27. The van der Waals surface area contributed by atoms with Gasteiger partial charge in [-0.15, -0.1) is 12.3 Å². The predicted octanol–water partition coefficient (Wildman–Crippen LogP) is 1.51. The van der Waals surface area contributed by atoms with E-state index in [1.165, 1.54) is 5.69 Å². The quantitative estimate of drug-likeness (QED) is 0.764. The minimum absolute atomic E-state index is 0.0430. The molecule has 2 heterocycles. The third-order valence-corrected chi connectivity index (χ3v) is 3.90. The van der Waals surface area contributed by atoms with Gasteiger partial charge in [-0.25, -0.2) is 0 Å². The van der Waals surface area contributed by atoms with E-state index in [2.05, 4.69) is 23.0 Å². The lowest BCUT2D eigenvalue weighted by molar-refractivity contribution is -0.117. The number of amides is 1. The average Bonchev–Trinajstić information content (AvgIpc) is 2.89. The molecule has 0 aliphatic carbocycles. The second-order valence-electron chi connectivity index (χ2n) is 5.19. The summed E-state index contributed by atoms with van der Waals surface area (Å²) >= 11 is 0. The van der Waals surface area contributed by atoms with E-state index in [0.717, 1.165) is 32.0 Å². The molecule has 20 heavy (non-hydrogen) atoms. The standard InChI is InChI=1S/C16H18N2O2/c1-2-13-11-16(19)18(12-13)15-5-3-14(4-6-15)17-7-9-20-10-8-17/h1,3-6,13H,7-12H2. The van der Waals surface area contributed by atoms with Crippen LogP contribution in [0.2, 0.25) is 0 Å². The van der Waals surface area contributed by atoms with Crippen LogP contribution < -0.4 is 9.80 Å². The van der Waals surface area contributed by atoms with Crippen LogP contribution in [0.3, 0.4) is 0 Å². The van der Waals surface area contributed by atoms with E-state index < -0.39 is 0 Å². The summed E-state index contributed by atoms with van der Waals surface area (Å²) < 4.78 is 5.35. The molecule has 1 unspecified atom stereocenters. The van der Waals surface area contributed by atoms with Crippen molar-refractivity contribution in [2.75, 3.05) is 42.6 Å². The highest BCUT2D eigenvalue weighted by Gasteiger charge is 2.29. The Bertz CT molecular complexity index is 526. The van der Waals surface area contributed by atoms with Gasteiger partial charge >= 0.3 is 0 Å². The Morgan fingerprint density at radius 3 is 2.40 bits per heavy atom. The lowest BCUT2D eigenvalue weighted by Crippen LogP contribution is -2.36. The molecule has 4 heteroatoms. The minimum atomic E-state index is 0.0430. The fourth-order valence-electron chi connectivity index (χ4n) is 2.73. The molecule has 4 nitrogen and oxygen atoms in total. The molecule has 0 N–H and O–H groups in total. The number of terminal acetylenes is 1. The molecular formula is C16H18N2O2. The van der Waals surface area contributed by atoms with E-state index in [9.17, 15) is 4.79 Å². The maximum absolute atomic E-state index is 11.9. The van der Waals surface area contributed by atoms with Gasteiger partial charge in [-0.1, -0.05) is 0 Å². The lowest BCUT2D eigenvalue weighted by atomic mass is 10.1. The number of ether oxygens (including phenoxy) is 1. The zero-order valence-corrected chi connectivity index (χ0v) is 11.4. The molecule has 2 aliphatic rings. The minimum Gasteiger partial charge on any atom is -0.378 e. The Morgan fingerprint density at radius 1 is 1.15 bits per heavy atom. The maximum atomic E-state index is 11.9. The first-order chi connectivity index (χ1) is 9.78. The van der Waals surface area contributed by atoms with Crippen LogP contribution in [0.5, 0.6) is 0 Å². The van der Waals surface area contributed by atoms with E-state index in [1.807, 2.05) is 12.1 Å². The third-order valence-electron chi connectivity index (χ3n) is 3.90. The first-order valence-corrected chi connectivity index (χ1v) is 6.97. The van der Waals surface area contributed by atoms with Crippen LogP contribution in [-0.2, 0) is 9.53 Å². The summed E-state index contributed by atoms with van der Waals surface area (Å²) in [6, 6.07) is 8.14. The summed E-state index contributed by atoms with van der Waals surface area (Å²) in [5.41, 5.74) is 2.11. The van der Waals surface area contributed by atoms with Gasteiger partial charge in [0, 0.05) is 43.3 Å². The first-order valence-electron chi connectivity index (χ1n) is 6.97. The summed E-state index contributed by atoms with van der Waals surface area (Å²) in [5, 5.41) is 0. The molecule has 0 saturated carbocycles. The van der Waals surface area contributed by atoms with E-state index in [1.54, 1.807) is 4.90 Å². The third kappa shape index (κ3) is 2.50. The largest absolute Gasteiger partial charge is 0.378 e. The normalized spacial score (nSPS) is 22.9. The van der Waals surface area contributed by atoms with Crippen LogP contribution in [0, 0.1) is 18.3 Å². The number of carbonyl (C=O) groups is 1.